The van der Waals surface area contributed by atoms with Crippen LogP contribution in [0.15, 0.2) is 54.6 Å². The third-order valence-electron chi connectivity index (χ3n) is 3.84. The van der Waals surface area contributed by atoms with Gasteiger partial charge in [-0.25, -0.2) is 4.31 Å². The van der Waals surface area contributed by atoms with Crippen LogP contribution in [0.2, 0.25) is 0 Å². The van der Waals surface area contributed by atoms with E-state index in [0.29, 0.717) is 17.1 Å². The lowest BCUT2D eigenvalue weighted by atomic mass is 10.2. The quantitative estimate of drug-likeness (QED) is 0.834. The molecule has 2 aromatic rings. The maximum atomic E-state index is 13.0. The molecule has 134 valence electrons. The van der Waals surface area contributed by atoms with Crippen LogP contribution in [-0.2, 0) is 15.0 Å². The molecule has 0 aromatic heterocycles. The van der Waals surface area contributed by atoms with Crippen LogP contribution in [0, 0.1) is 0 Å². The lowest BCUT2D eigenvalue weighted by Crippen LogP contribution is -2.37. The number of Topliss-reactive ketones (excluding diaryl/α,β-unsaturated/α-hetero) is 1. The van der Waals surface area contributed by atoms with Crippen molar-refractivity contribution in [3.63, 3.8) is 0 Å². The first-order valence-electron chi connectivity index (χ1n) is 7.69. The number of rotatable bonds is 6. The Labute approximate surface area is 154 Å². The number of ketones is 1. The number of anilines is 3. The van der Waals surface area contributed by atoms with E-state index in [1.807, 2.05) is 6.07 Å². The Bertz CT molecular complexity index is 843. The van der Waals surface area contributed by atoms with E-state index < -0.39 is 10.2 Å². The highest BCUT2D eigenvalue weighted by Gasteiger charge is 2.40. The van der Waals surface area contributed by atoms with Crippen LogP contribution in [-0.4, -0.2) is 34.3 Å². The molecule has 3 rings (SSSR count). The summed E-state index contributed by atoms with van der Waals surface area (Å²) in [5, 5.41) is 2.79. The van der Waals surface area contributed by atoms with Gasteiger partial charge in [-0.3, -0.25) is 9.10 Å². The fourth-order valence-electron chi connectivity index (χ4n) is 2.78. The zero-order chi connectivity index (χ0) is 17.2. The van der Waals surface area contributed by atoms with Gasteiger partial charge in [0, 0.05) is 13.0 Å². The number of fused-ring (bicyclic) bond motifs is 1. The molecule has 0 fully saturated rings. The summed E-state index contributed by atoms with van der Waals surface area (Å²) in [5.41, 5.74) is 1.78. The van der Waals surface area contributed by atoms with Crippen molar-refractivity contribution in [1.82, 2.24) is 5.32 Å². The lowest BCUT2D eigenvalue weighted by Gasteiger charge is -2.21. The van der Waals surface area contributed by atoms with E-state index in [0.717, 1.165) is 0 Å². The summed E-state index contributed by atoms with van der Waals surface area (Å²) in [5.74, 6) is -0.0247. The van der Waals surface area contributed by atoms with Crippen molar-refractivity contribution in [2.24, 2.45) is 0 Å². The minimum atomic E-state index is -3.76. The van der Waals surface area contributed by atoms with Gasteiger partial charge in [0.1, 0.15) is 5.78 Å². The Morgan fingerprint density at radius 3 is 2.24 bits per heavy atom. The molecule has 1 N–H and O–H groups in total. The number of likely N-dealkylation sites (N-methyl/N-ethyl adjacent to an activating group) is 1. The minimum absolute atomic E-state index is 0. The maximum Gasteiger partial charge on any atom is 0.330 e. The molecule has 0 bridgehead atoms. The normalized spacial score (nSPS) is 14.8. The van der Waals surface area contributed by atoms with Gasteiger partial charge >= 0.3 is 10.2 Å². The molecular formula is C17H20ClN3O3S. The number of halogens is 1. The smallest absolute Gasteiger partial charge is 0.313 e. The van der Waals surface area contributed by atoms with Crippen molar-refractivity contribution in [2.45, 2.75) is 6.42 Å². The summed E-state index contributed by atoms with van der Waals surface area (Å²) >= 11 is 0. The Morgan fingerprint density at radius 1 is 1.00 bits per heavy atom. The number of hydrogen-bond acceptors (Lipinski definition) is 4. The second kappa shape index (κ2) is 7.86. The van der Waals surface area contributed by atoms with Crippen LogP contribution in [0.1, 0.15) is 6.42 Å². The number of nitrogens with one attached hydrogen (secondary N) is 1. The molecule has 0 atom stereocenters. The van der Waals surface area contributed by atoms with Gasteiger partial charge in [-0.1, -0.05) is 30.3 Å². The fraction of sp³-hybridized carbons (Fsp3) is 0.235. The molecule has 25 heavy (non-hydrogen) atoms. The lowest BCUT2D eigenvalue weighted by molar-refractivity contribution is -0.117. The highest BCUT2D eigenvalue weighted by atomic mass is 35.5. The molecule has 0 amide bonds. The number of carbonyl (C=O) groups is 1. The molecule has 1 aliphatic rings. The number of benzene rings is 2. The van der Waals surface area contributed by atoms with Crippen LogP contribution >= 0.6 is 12.4 Å². The summed E-state index contributed by atoms with van der Waals surface area (Å²) in [6, 6.07) is 16.1. The highest BCUT2D eigenvalue weighted by Crippen LogP contribution is 2.44. The predicted octanol–water partition coefficient (Wildman–Crippen LogP) is 2.49. The Morgan fingerprint density at radius 2 is 1.60 bits per heavy atom. The zero-order valence-corrected chi connectivity index (χ0v) is 15.4. The van der Waals surface area contributed by atoms with Crippen LogP contribution < -0.4 is 13.9 Å². The molecule has 2 aromatic carbocycles. The summed E-state index contributed by atoms with van der Waals surface area (Å²) in [6.07, 6.45) is 0.164. The van der Waals surface area contributed by atoms with Gasteiger partial charge in [-0.05, 0) is 31.3 Å². The predicted molar refractivity (Wildman–Crippen MR) is 102 cm³/mol. The van der Waals surface area contributed by atoms with E-state index in [4.69, 9.17) is 0 Å². The first-order valence-corrected chi connectivity index (χ1v) is 9.09. The Kier molecular flexibility index (Phi) is 6.05. The maximum absolute atomic E-state index is 13.0. The van der Waals surface area contributed by atoms with Crippen molar-refractivity contribution in [1.29, 1.82) is 0 Å². The van der Waals surface area contributed by atoms with Gasteiger partial charge < -0.3 is 5.32 Å². The van der Waals surface area contributed by atoms with Crippen molar-refractivity contribution >= 4 is 45.5 Å². The monoisotopic (exact) mass is 381 g/mol. The molecule has 0 unspecified atom stereocenters. The van der Waals surface area contributed by atoms with Crippen LogP contribution in [0.5, 0.6) is 0 Å². The van der Waals surface area contributed by atoms with E-state index in [9.17, 15) is 13.2 Å². The highest BCUT2D eigenvalue weighted by molar-refractivity contribution is 7.95. The van der Waals surface area contributed by atoms with Gasteiger partial charge in [0.05, 0.1) is 23.6 Å². The summed E-state index contributed by atoms with van der Waals surface area (Å²) in [7, 11) is -2.07. The Balaban J connectivity index is 0.00000225. The molecule has 0 radical (unpaired) electrons. The Hall–Kier alpha value is -2.09. The molecule has 0 saturated heterocycles. The van der Waals surface area contributed by atoms with Gasteiger partial charge in [-0.15, -0.1) is 12.4 Å². The van der Waals surface area contributed by atoms with E-state index in [-0.39, 0.29) is 37.7 Å². The van der Waals surface area contributed by atoms with Crippen molar-refractivity contribution in [3.05, 3.63) is 54.6 Å². The SMILES string of the molecule is CNCC(=O)CCN1c2ccccc2N(c2ccccc2)S1(=O)=O.Cl. The second-order valence-electron chi connectivity index (χ2n) is 5.49. The first kappa shape index (κ1) is 19.2. The molecule has 6 nitrogen and oxygen atoms in total. The van der Waals surface area contributed by atoms with Crippen molar-refractivity contribution < 1.29 is 13.2 Å². The van der Waals surface area contributed by atoms with Crippen molar-refractivity contribution in [3.8, 4) is 0 Å². The van der Waals surface area contributed by atoms with Crippen LogP contribution in [0.3, 0.4) is 0 Å². The number of para-hydroxylation sites is 3. The molecular weight excluding hydrogens is 362 g/mol. The van der Waals surface area contributed by atoms with E-state index in [2.05, 4.69) is 5.32 Å². The van der Waals surface area contributed by atoms with E-state index in [1.165, 1.54) is 8.61 Å². The molecule has 0 saturated carbocycles. The minimum Gasteiger partial charge on any atom is -0.313 e. The zero-order valence-electron chi connectivity index (χ0n) is 13.8. The van der Waals surface area contributed by atoms with Crippen LogP contribution in [0.25, 0.3) is 0 Å². The first-order chi connectivity index (χ1) is 11.6. The second-order valence-corrected chi connectivity index (χ2v) is 7.19. The molecule has 0 spiro atoms. The number of carbonyl (C=O) groups excluding carboxylic acids is 1. The largest absolute Gasteiger partial charge is 0.330 e. The molecule has 1 heterocycles. The van der Waals surface area contributed by atoms with Gasteiger partial charge in [-0.2, -0.15) is 8.42 Å². The average Bonchev–Trinajstić information content (AvgIpc) is 2.80. The fourth-order valence-corrected chi connectivity index (χ4v) is 4.49. The molecule has 0 aliphatic carbocycles. The number of nitrogens with zero attached hydrogens (tertiary/aromatic N) is 2. The average molecular weight is 382 g/mol. The van der Waals surface area contributed by atoms with Gasteiger partial charge in [0.15, 0.2) is 0 Å². The third kappa shape index (κ3) is 3.63. The molecule has 1 aliphatic heterocycles. The standard InChI is InChI=1S/C17H19N3O3S.ClH/c1-18-13-15(21)11-12-19-16-9-5-6-10-17(16)20(24(19,22)23)14-7-3-2-4-8-14;/h2-10,18H,11-13H2,1H3;1H. The summed E-state index contributed by atoms with van der Waals surface area (Å²) < 4.78 is 28.7. The molecule has 8 heteroatoms. The third-order valence-corrected chi connectivity index (χ3v) is 5.64. The topological polar surface area (TPSA) is 69.7 Å². The van der Waals surface area contributed by atoms with Gasteiger partial charge in [0.2, 0.25) is 0 Å². The van der Waals surface area contributed by atoms with Crippen LogP contribution in [0.4, 0.5) is 17.1 Å². The summed E-state index contributed by atoms with van der Waals surface area (Å²) in [6.45, 7) is 0.362. The van der Waals surface area contributed by atoms with Gasteiger partial charge in [0.25, 0.3) is 0 Å². The van der Waals surface area contributed by atoms with E-state index in [1.54, 1.807) is 55.6 Å². The summed E-state index contributed by atoms with van der Waals surface area (Å²) in [4.78, 5) is 11.8. The number of hydrogen-bond donors (Lipinski definition) is 1. The van der Waals surface area contributed by atoms with Crippen molar-refractivity contribution in [2.75, 3.05) is 28.7 Å². The van der Waals surface area contributed by atoms with E-state index >= 15 is 0 Å².